The van der Waals surface area contributed by atoms with E-state index in [4.69, 9.17) is 5.73 Å². The number of hydrogen-bond donors (Lipinski definition) is 1. The Labute approximate surface area is 149 Å². The number of nitrogens with zero attached hydrogens (tertiary/aromatic N) is 4. The van der Waals surface area contributed by atoms with Gasteiger partial charge in [0.25, 0.3) is 16.1 Å². The lowest BCUT2D eigenvalue weighted by molar-refractivity contribution is 0.0692. The van der Waals surface area contributed by atoms with E-state index in [1.54, 1.807) is 33.5 Å². The van der Waals surface area contributed by atoms with Gasteiger partial charge in [-0.15, -0.1) is 0 Å². The number of anilines is 1. The minimum atomic E-state index is -3.44. The lowest BCUT2D eigenvalue weighted by Gasteiger charge is -2.39. The van der Waals surface area contributed by atoms with Gasteiger partial charge in [0.05, 0.1) is 0 Å². The van der Waals surface area contributed by atoms with Gasteiger partial charge in [0.15, 0.2) is 0 Å². The molecule has 2 aliphatic heterocycles. The first-order chi connectivity index (χ1) is 11.9. The van der Waals surface area contributed by atoms with Gasteiger partial charge in [0.2, 0.25) is 0 Å². The first-order valence-electron chi connectivity index (χ1n) is 8.46. The average molecular weight is 367 g/mol. The van der Waals surface area contributed by atoms with Crippen LogP contribution in [-0.2, 0) is 10.2 Å². The number of nitrogens with two attached hydrogens (primary N) is 1. The summed E-state index contributed by atoms with van der Waals surface area (Å²) in [5, 5.41) is 0. The molecule has 0 bridgehead atoms. The number of piperazine rings is 2. The van der Waals surface area contributed by atoms with E-state index in [2.05, 4.69) is 4.90 Å². The predicted octanol–water partition coefficient (Wildman–Crippen LogP) is -0.481. The van der Waals surface area contributed by atoms with Crippen molar-refractivity contribution in [2.24, 2.45) is 0 Å². The Balaban J connectivity index is 1.59. The molecule has 2 saturated heterocycles. The molecule has 9 heteroatoms. The van der Waals surface area contributed by atoms with Crippen molar-refractivity contribution in [3.8, 4) is 0 Å². The number of benzene rings is 1. The summed E-state index contributed by atoms with van der Waals surface area (Å²) in [4.78, 5) is 16.3. The fourth-order valence-electron chi connectivity index (χ4n) is 3.11. The van der Waals surface area contributed by atoms with E-state index in [0.29, 0.717) is 50.5 Å². The van der Waals surface area contributed by atoms with Gasteiger partial charge in [-0.3, -0.25) is 4.79 Å². The highest BCUT2D eigenvalue weighted by molar-refractivity contribution is 7.86. The molecule has 2 N–H and O–H groups in total. The second kappa shape index (κ2) is 7.28. The van der Waals surface area contributed by atoms with Crippen molar-refractivity contribution in [1.82, 2.24) is 18.4 Å². The van der Waals surface area contributed by atoms with Crippen molar-refractivity contribution < 1.29 is 13.2 Å². The van der Waals surface area contributed by atoms with Crippen LogP contribution in [0.5, 0.6) is 0 Å². The highest BCUT2D eigenvalue weighted by Gasteiger charge is 2.34. The van der Waals surface area contributed by atoms with Crippen LogP contribution >= 0.6 is 0 Å². The normalized spacial score (nSPS) is 21.4. The SMILES string of the molecule is CN1CCN(S(=O)(=O)N2CCN(C(=O)c3ccc(N)cc3)CC2)CC1. The Morgan fingerprint density at radius 3 is 1.88 bits per heavy atom. The monoisotopic (exact) mass is 367 g/mol. The summed E-state index contributed by atoms with van der Waals surface area (Å²) in [7, 11) is -1.45. The zero-order valence-corrected chi connectivity index (χ0v) is 15.3. The Morgan fingerprint density at radius 1 is 0.880 bits per heavy atom. The maximum Gasteiger partial charge on any atom is 0.282 e. The van der Waals surface area contributed by atoms with Crippen molar-refractivity contribution in [3.05, 3.63) is 29.8 Å². The molecule has 3 rings (SSSR count). The smallest absolute Gasteiger partial charge is 0.282 e. The molecule has 138 valence electrons. The molecule has 8 nitrogen and oxygen atoms in total. The van der Waals surface area contributed by atoms with E-state index in [1.165, 1.54) is 4.31 Å². The summed E-state index contributed by atoms with van der Waals surface area (Å²) in [5.41, 5.74) is 6.83. The number of carbonyl (C=O) groups excluding carboxylic acids is 1. The van der Waals surface area contributed by atoms with E-state index in [1.807, 2.05) is 7.05 Å². The summed E-state index contributed by atoms with van der Waals surface area (Å²) < 4.78 is 28.5. The Hall–Kier alpha value is -1.68. The second-order valence-corrected chi connectivity index (χ2v) is 8.45. The molecule has 2 fully saturated rings. The average Bonchev–Trinajstić information content (AvgIpc) is 2.62. The third kappa shape index (κ3) is 3.95. The van der Waals surface area contributed by atoms with Crippen molar-refractivity contribution in [2.45, 2.75) is 0 Å². The van der Waals surface area contributed by atoms with Crippen LogP contribution in [0.25, 0.3) is 0 Å². The fraction of sp³-hybridized carbons (Fsp3) is 0.562. The van der Waals surface area contributed by atoms with Gasteiger partial charge in [-0.1, -0.05) is 0 Å². The van der Waals surface area contributed by atoms with E-state index in [-0.39, 0.29) is 5.91 Å². The highest BCUT2D eigenvalue weighted by atomic mass is 32.2. The third-order valence-corrected chi connectivity index (χ3v) is 6.83. The van der Waals surface area contributed by atoms with E-state index >= 15 is 0 Å². The van der Waals surface area contributed by atoms with Gasteiger partial charge in [0.1, 0.15) is 0 Å². The van der Waals surface area contributed by atoms with Crippen molar-refractivity contribution in [1.29, 1.82) is 0 Å². The maximum absolute atomic E-state index is 12.7. The van der Waals surface area contributed by atoms with Crippen molar-refractivity contribution in [2.75, 3.05) is 65.1 Å². The quantitative estimate of drug-likeness (QED) is 0.729. The van der Waals surface area contributed by atoms with E-state index < -0.39 is 10.2 Å². The third-order valence-electron chi connectivity index (χ3n) is 4.80. The molecule has 0 saturated carbocycles. The molecular weight excluding hydrogens is 342 g/mol. The van der Waals surface area contributed by atoms with Gasteiger partial charge >= 0.3 is 0 Å². The molecule has 0 atom stereocenters. The topological polar surface area (TPSA) is 90.2 Å². The highest BCUT2D eigenvalue weighted by Crippen LogP contribution is 2.16. The molecule has 0 radical (unpaired) electrons. The zero-order valence-electron chi connectivity index (χ0n) is 14.5. The predicted molar refractivity (Wildman–Crippen MR) is 96.3 cm³/mol. The standard InChI is InChI=1S/C16H25N5O3S/c1-18-6-10-20(11-7-18)25(23,24)21-12-8-19(9-13-21)16(22)14-2-4-15(17)5-3-14/h2-5H,6-13,17H2,1H3. The minimum Gasteiger partial charge on any atom is -0.399 e. The van der Waals surface area contributed by atoms with Gasteiger partial charge in [0, 0.05) is 63.6 Å². The summed E-state index contributed by atoms with van der Waals surface area (Å²) in [5.74, 6) is -0.0864. The van der Waals surface area contributed by atoms with Crippen LogP contribution < -0.4 is 5.73 Å². The number of carbonyl (C=O) groups is 1. The molecule has 0 aliphatic carbocycles. The number of amides is 1. The molecule has 0 spiro atoms. The van der Waals surface area contributed by atoms with Crippen LogP contribution in [0.15, 0.2) is 24.3 Å². The van der Waals surface area contributed by atoms with Crippen LogP contribution in [0.3, 0.4) is 0 Å². The number of nitrogen functional groups attached to an aromatic ring is 1. The summed E-state index contributed by atoms with van der Waals surface area (Å²) in [6.07, 6.45) is 0. The van der Waals surface area contributed by atoms with Crippen LogP contribution in [0.2, 0.25) is 0 Å². The molecule has 2 heterocycles. The van der Waals surface area contributed by atoms with Gasteiger partial charge in [-0.05, 0) is 31.3 Å². The lowest BCUT2D eigenvalue weighted by Crippen LogP contribution is -2.57. The van der Waals surface area contributed by atoms with Crippen LogP contribution in [0, 0.1) is 0 Å². The molecule has 25 heavy (non-hydrogen) atoms. The molecule has 2 aliphatic rings. The number of hydrogen-bond acceptors (Lipinski definition) is 5. The van der Waals surface area contributed by atoms with Crippen molar-refractivity contribution >= 4 is 21.8 Å². The van der Waals surface area contributed by atoms with Crippen LogP contribution in [0.1, 0.15) is 10.4 Å². The first kappa shape index (κ1) is 18.1. The van der Waals surface area contributed by atoms with Crippen LogP contribution in [0.4, 0.5) is 5.69 Å². The van der Waals surface area contributed by atoms with E-state index in [0.717, 1.165) is 13.1 Å². The molecule has 0 unspecified atom stereocenters. The fourth-order valence-corrected chi connectivity index (χ4v) is 4.69. The summed E-state index contributed by atoms with van der Waals surface area (Å²) in [6.45, 7) is 3.98. The van der Waals surface area contributed by atoms with Crippen LogP contribution in [-0.4, -0.2) is 92.1 Å². The molecule has 1 aromatic carbocycles. The minimum absolute atomic E-state index is 0.0864. The molecular formula is C16H25N5O3S. The van der Waals surface area contributed by atoms with Crippen molar-refractivity contribution in [3.63, 3.8) is 0 Å². The summed E-state index contributed by atoms with van der Waals surface area (Å²) in [6, 6.07) is 6.79. The van der Waals surface area contributed by atoms with Gasteiger partial charge in [-0.25, -0.2) is 0 Å². The number of likely N-dealkylation sites (N-methyl/N-ethyl adjacent to an activating group) is 1. The Kier molecular flexibility index (Phi) is 5.28. The second-order valence-electron chi connectivity index (χ2n) is 6.52. The van der Waals surface area contributed by atoms with E-state index in [9.17, 15) is 13.2 Å². The molecule has 0 aromatic heterocycles. The van der Waals surface area contributed by atoms with Gasteiger partial charge < -0.3 is 15.5 Å². The summed E-state index contributed by atoms with van der Waals surface area (Å²) >= 11 is 0. The Morgan fingerprint density at radius 2 is 1.36 bits per heavy atom. The first-order valence-corrected chi connectivity index (χ1v) is 9.86. The Bertz CT molecular complexity index is 706. The zero-order chi connectivity index (χ0) is 18.0. The lowest BCUT2D eigenvalue weighted by atomic mass is 10.1. The largest absolute Gasteiger partial charge is 0.399 e. The number of rotatable bonds is 3. The maximum atomic E-state index is 12.7. The van der Waals surface area contributed by atoms with Gasteiger partial charge in [-0.2, -0.15) is 17.0 Å². The molecule has 1 aromatic rings. The molecule has 1 amide bonds.